The van der Waals surface area contributed by atoms with E-state index in [0.717, 1.165) is 29.0 Å². The fourth-order valence-electron chi connectivity index (χ4n) is 3.66. The van der Waals surface area contributed by atoms with Crippen LogP contribution in [0.15, 0.2) is 119 Å². The van der Waals surface area contributed by atoms with Crippen molar-refractivity contribution >= 4 is 11.4 Å². The molecule has 0 radical (unpaired) electrons. The smallest absolute Gasteiger partial charge is 0.124 e. The van der Waals surface area contributed by atoms with Gasteiger partial charge in [0.25, 0.3) is 0 Å². The summed E-state index contributed by atoms with van der Waals surface area (Å²) in [7, 11) is 0. The molecule has 4 aromatic rings. The van der Waals surface area contributed by atoms with Gasteiger partial charge in [0.15, 0.2) is 0 Å². The minimum Gasteiger partial charge on any atom is -0.507 e. The van der Waals surface area contributed by atoms with Gasteiger partial charge in [-0.15, -0.1) is 0 Å². The standard InChI is InChI=1S/C29H26N2O2/c32-26-18-9-7-16-24(26)28(22-12-3-1-4-13-22)30-20-11-21-31-29(23-14-5-2-6-15-23)25-17-8-10-19-27(25)33/h1-10,12-19,32-33H,11,20-21H2. The Bertz CT molecular complexity index is 1150. The number of nitrogens with zero attached hydrogens (tertiary/aromatic N) is 2. The van der Waals surface area contributed by atoms with Crippen LogP contribution in [-0.4, -0.2) is 34.7 Å². The minimum atomic E-state index is 0.212. The first-order chi connectivity index (χ1) is 16.2. The number of rotatable bonds is 8. The van der Waals surface area contributed by atoms with Crippen molar-refractivity contribution in [3.05, 3.63) is 131 Å². The fraction of sp³-hybridized carbons (Fsp3) is 0.103. The van der Waals surface area contributed by atoms with Crippen molar-refractivity contribution in [3.63, 3.8) is 0 Å². The van der Waals surface area contributed by atoms with Crippen LogP contribution in [0.4, 0.5) is 0 Å². The lowest BCUT2D eigenvalue weighted by Gasteiger charge is -2.10. The number of aliphatic imine (C=N–C) groups is 2. The molecule has 2 N–H and O–H groups in total. The zero-order valence-corrected chi connectivity index (χ0v) is 18.3. The van der Waals surface area contributed by atoms with Gasteiger partial charge in [0.2, 0.25) is 0 Å². The second-order valence-electron chi connectivity index (χ2n) is 7.58. The lowest BCUT2D eigenvalue weighted by atomic mass is 10.0. The summed E-state index contributed by atoms with van der Waals surface area (Å²) >= 11 is 0. The highest BCUT2D eigenvalue weighted by atomic mass is 16.3. The Morgan fingerprint density at radius 1 is 0.485 bits per heavy atom. The summed E-state index contributed by atoms with van der Waals surface area (Å²) in [4.78, 5) is 9.65. The molecule has 0 amide bonds. The van der Waals surface area contributed by atoms with Crippen LogP contribution in [0.3, 0.4) is 0 Å². The molecule has 0 heterocycles. The zero-order valence-electron chi connectivity index (χ0n) is 18.3. The maximum atomic E-state index is 10.4. The van der Waals surface area contributed by atoms with Crippen molar-refractivity contribution in [1.82, 2.24) is 0 Å². The number of para-hydroxylation sites is 2. The predicted molar refractivity (Wildman–Crippen MR) is 135 cm³/mol. The van der Waals surface area contributed by atoms with Crippen molar-refractivity contribution in [3.8, 4) is 11.5 Å². The topological polar surface area (TPSA) is 65.2 Å². The average Bonchev–Trinajstić information content (AvgIpc) is 2.86. The van der Waals surface area contributed by atoms with Crippen LogP contribution in [0.2, 0.25) is 0 Å². The number of phenols is 2. The largest absolute Gasteiger partial charge is 0.507 e. The molecule has 33 heavy (non-hydrogen) atoms. The van der Waals surface area contributed by atoms with E-state index in [-0.39, 0.29) is 11.5 Å². The molecule has 0 saturated carbocycles. The number of hydrogen-bond acceptors (Lipinski definition) is 4. The summed E-state index contributed by atoms with van der Waals surface area (Å²) < 4.78 is 0. The Morgan fingerprint density at radius 3 is 1.24 bits per heavy atom. The van der Waals surface area contributed by atoms with Crippen molar-refractivity contribution < 1.29 is 10.2 Å². The first kappa shape index (κ1) is 22.0. The van der Waals surface area contributed by atoms with E-state index in [1.165, 1.54) is 0 Å². The molecule has 4 heteroatoms. The van der Waals surface area contributed by atoms with E-state index < -0.39 is 0 Å². The number of aromatic hydroxyl groups is 2. The van der Waals surface area contributed by atoms with Gasteiger partial charge in [0.1, 0.15) is 11.5 Å². The summed E-state index contributed by atoms with van der Waals surface area (Å²) in [5.41, 5.74) is 4.88. The van der Waals surface area contributed by atoms with Gasteiger partial charge in [-0.05, 0) is 30.7 Å². The lowest BCUT2D eigenvalue weighted by Crippen LogP contribution is -2.07. The van der Waals surface area contributed by atoms with E-state index in [9.17, 15) is 10.2 Å². The van der Waals surface area contributed by atoms with E-state index in [0.29, 0.717) is 24.2 Å². The maximum Gasteiger partial charge on any atom is 0.124 e. The molecule has 0 aliphatic heterocycles. The molecular weight excluding hydrogens is 408 g/mol. The summed E-state index contributed by atoms with van der Waals surface area (Å²) in [6, 6.07) is 34.3. The zero-order chi connectivity index (χ0) is 22.9. The first-order valence-electron chi connectivity index (χ1n) is 11.0. The van der Waals surface area contributed by atoms with Gasteiger partial charge < -0.3 is 10.2 Å². The molecule has 0 fully saturated rings. The third-order valence-corrected chi connectivity index (χ3v) is 5.27. The number of benzene rings is 4. The Kier molecular flexibility index (Phi) is 7.29. The summed E-state index contributed by atoms with van der Waals surface area (Å²) in [5.74, 6) is 0.424. The molecule has 0 atom stereocenters. The Balaban J connectivity index is 1.56. The number of hydrogen-bond donors (Lipinski definition) is 2. The summed E-state index contributed by atoms with van der Waals surface area (Å²) in [6.45, 7) is 1.12. The quantitative estimate of drug-likeness (QED) is 0.269. The molecule has 0 bridgehead atoms. The van der Waals surface area contributed by atoms with Crippen molar-refractivity contribution in [2.45, 2.75) is 6.42 Å². The van der Waals surface area contributed by atoms with Crippen molar-refractivity contribution in [1.29, 1.82) is 0 Å². The monoisotopic (exact) mass is 434 g/mol. The molecular formula is C29H26N2O2. The van der Waals surface area contributed by atoms with Crippen LogP contribution >= 0.6 is 0 Å². The highest BCUT2D eigenvalue weighted by Gasteiger charge is 2.12. The van der Waals surface area contributed by atoms with E-state index in [1.807, 2.05) is 84.9 Å². The second-order valence-corrected chi connectivity index (χ2v) is 7.58. The highest BCUT2D eigenvalue weighted by Crippen LogP contribution is 2.22. The van der Waals surface area contributed by atoms with E-state index in [2.05, 4.69) is 0 Å². The second kappa shape index (κ2) is 10.9. The molecule has 164 valence electrons. The average molecular weight is 435 g/mol. The summed E-state index contributed by atoms with van der Waals surface area (Å²) in [6.07, 6.45) is 0.730. The van der Waals surface area contributed by atoms with Crippen LogP contribution in [-0.2, 0) is 0 Å². The van der Waals surface area contributed by atoms with Crippen LogP contribution < -0.4 is 0 Å². The van der Waals surface area contributed by atoms with Gasteiger partial charge in [0.05, 0.1) is 11.4 Å². The molecule has 0 saturated heterocycles. The van der Waals surface area contributed by atoms with Gasteiger partial charge in [-0.3, -0.25) is 9.98 Å². The van der Waals surface area contributed by atoms with Crippen LogP contribution in [0, 0.1) is 0 Å². The van der Waals surface area contributed by atoms with Gasteiger partial charge >= 0.3 is 0 Å². The maximum absolute atomic E-state index is 10.4. The van der Waals surface area contributed by atoms with E-state index in [4.69, 9.17) is 9.98 Å². The third-order valence-electron chi connectivity index (χ3n) is 5.27. The van der Waals surface area contributed by atoms with Crippen LogP contribution in [0.5, 0.6) is 11.5 Å². The Hall–Kier alpha value is -4.18. The van der Waals surface area contributed by atoms with Crippen LogP contribution in [0.25, 0.3) is 0 Å². The molecule has 4 rings (SSSR count). The van der Waals surface area contributed by atoms with E-state index in [1.54, 1.807) is 24.3 Å². The van der Waals surface area contributed by atoms with Gasteiger partial charge in [0, 0.05) is 35.3 Å². The van der Waals surface area contributed by atoms with Gasteiger partial charge in [-0.1, -0.05) is 84.9 Å². The molecule has 0 aromatic heterocycles. The van der Waals surface area contributed by atoms with Crippen molar-refractivity contribution in [2.24, 2.45) is 9.98 Å². The SMILES string of the molecule is Oc1ccccc1C(=NCCCN=C(c1ccccc1)c1ccccc1O)c1ccccc1. The molecule has 4 nitrogen and oxygen atoms in total. The molecule has 0 spiro atoms. The van der Waals surface area contributed by atoms with Crippen LogP contribution in [0.1, 0.15) is 28.7 Å². The third kappa shape index (κ3) is 5.55. The normalized spacial score (nSPS) is 12.0. The Morgan fingerprint density at radius 2 is 0.848 bits per heavy atom. The highest BCUT2D eigenvalue weighted by molar-refractivity contribution is 6.15. The lowest BCUT2D eigenvalue weighted by molar-refractivity contribution is 0.473. The Labute approximate surface area is 194 Å². The molecule has 0 aliphatic rings. The van der Waals surface area contributed by atoms with Gasteiger partial charge in [-0.2, -0.15) is 0 Å². The molecule has 0 aliphatic carbocycles. The number of phenolic OH excluding ortho intramolecular Hbond substituents is 2. The van der Waals surface area contributed by atoms with Gasteiger partial charge in [-0.25, -0.2) is 0 Å². The molecule has 4 aromatic carbocycles. The van der Waals surface area contributed by atoms with E-state index >= 15 is 0 Å². The van der Waals surface area contributed by atoms with Crippen molar-refractivity contribution in [2.75, 3.05) is 13.1 Å². The predicted octanol–water partition coefficient (Wildman–Crippen LogP) is 5.86. The molecule has 0 unspecified atom stereocenters. The minimum absolute atomic E-state index is 0.212. The summed E-state index contributed by atoms with van der Waals surface area (Å²) in [5, 5.41) is 20.7. The first-order valence-corrected chi connectivity index (χ1v) is 11.0. The fourth-order valence-corrected chi connectivity index (χ4v) is 3.66.